The van der Waals surface area contributed by atoms with E-state index in [9.17, 15) is 4.79 Å². The van der Waals surface area contributed by atoms with Crippen LogP contribution in [0.3, 0.4) is 0 Å². The molecule has 0 saturated carbocycles. The van der Waals surface area contributed by atoms with Crippen LogP contribution in [-0.4, -0.2) is 23.5 Å². The minimum atomic E-state index is -0.0233. The predicted molar refractivity (Wildman–Crippen MR) is 92.9 cm³/mol. The number of fused-ring (bicyclic) bond motifs is 1. The second-order valence-electron chi connectivity index (χ2n) is 5.90. The van der Waals surface area contributed by atoms with Gasteiger partial charge in [-0.15, -0.1) is 0 Å². The molecule has 23 heavy (non-hydrogen) atoms. The van der Waals surface area contributed by atoms with Crippen molar-refractivity contribution in [3.8, 4) is 0 Å². The summed E-state index contributed by atoms with van der Waals surface area (Å²) in [5.74, 6) is 0.882. The van der Waals surface area contributed by atoms with Gasteiger partial charge in [0, 0.05) is 18.2 Å². The van der Waals surface area contributed by atoms with Gasteiger partial charge < -0.3 is 16.0 Å². The summed E-state index contributed by atoms with van der Waals surface area (Å²) in [6.07, 6.45) is 3.87. The summed E-state index contributed by atoms with van der Waals surface area (Å²) in [6, 6.07) is 12.7. The Bertz CT molecular complexity index is 684. The van der Waals surface area contributed by atoms with Crippen LogP contribution in [0.15, 0.2) is 42.6 Å². The van der Waals surface area contributed by atoms with E-state index in [-0.39, 0.29) is 5.91 Å². The lowest BCUT2D eigenvalue weighted by atomic mass is 10.1. The van der Waals surface area contributed by atoms with Crippen molar-refractivity contribution in [2.75, 3.05) is 16.8 Å². The molecule has 0 fully saturated rings. The molecular formula is C18H22N4O. The van der Waals surface area contributed by atoms with Crippen molar-refractivity contribution in [2.45, 2.75) is 32.2 Å². The molecule has 0 aliphatic carbocycles. The average Bonchev–Trinajstić information content (AvgIpc) is 2.89. The zero-order valence-corrected chi connectivity index (χ0v) is 13.3. The minimum Gasteiger partial charge on any atom is -0.330 e. The van der Waals surface area contributed by atoms with E-state index >= 15 is 0 Å². The Balaban J connectivity index is 1.74. The molecule has 1 aliphatic heterocycles. The van der Waals surface area contributed by atoms with Gasteiger partial charge in [-0.05, 0) is 50.1 Å². The van der Waals surface area contributed by atoms with Crippen LogP contribution >= 0.6 is 0 Å². The maximum absolute atomic E-state index is 11.7. The number of amides is 1. The van der Waals surface area contributed by atoms with E-state index in [4.69, 9.17) is 5.73 Å². The molecule has 1 aromatic heterocycles. The van der Waals surface area contributed by atoms with Gasteiger partial charge in [0.2, 0.25) is 5.91 Å². The van der Waals surface area contributed by atoms with Crippen molar-refractivity contribution >= 4 is 23.1 Å². The number of benzene rings is 1. The standard InChI is InChI=1S/C18H22N4O/c1-13-11-14-5-2-3-6-16(14)22(13)17-9-8-15(12-20-17)21-18(23)7-4-10-19/h2-3,5-6,8-9,12-13H,4,7,10-11,19H2,1H3,(H,21,23). The highest BCUT2D eigenvalue weighted by Crippen LogP contribution is 2.37. The molecule has 5 nitrogen and oxygen atoms in total. The number of nitrogens with two attached hydrogens (primary N) is 1. The molecule has 1 aromatic carbocycles. The fourth-order valence-electron chi connectivity index (χ4n) is 3.00. The fourth-order valence-corrected chi connectivity index (χ4v) is 3.00. The molecule has 1 amide bonds. The van der Waals surface area contributed by atoms with Gasteiger partial charge >= 0.3 is 0 Å². The maximum Gasteiger partial charge on any atom is 0.224 e. The van der Waals surface area contributed by atoms with E-state index in [0.717, 1.165) is 17.9 Å². The van der Waals surface area contributed by atoms with E-state index < -0.39 is 0 Å². The first-order chi connectivity index (χ1) is 11.2. The van der Waals surface area contributed by atoms with Gasteiger partial charge in [0.05, 0.1) is 11.9 Å². The molecule has 0 bridgehead atoms. The molecule has 0 spiro atoms. The average molecular weight is 310 g/mol. The van der Waals surface area contributed by atoms with Crippen LogP contribution in [0.1, 0.15) is 25.3 Å². The fraction of sp³-hybridized carbons (Fsp3) is 0.333. The van der Waals surface area contributed by atoms with Gasteiger partial charge in [-0.3, -0.25) is 4.79 Å². The number of carbonyl (C=O) groups is 1. The van der Waals surface area contributed by atoms with Crippen LogP contribution < -0.4 is 16.0 Å². The van der Waals surface area contributed by atoms with Crippen molar-refractivity contribution < 1.29 is 4.79 Å². The predicted octanol–water partition coefficient (Wildman–Crippen LogP) is 2.84. The Morgan fingerprint density at radius 2 is 2.17 bits per heavy atom. The van der Waals surface area contributed by atoms with Crippen molar-refractivity contribution in [3.63, 3.8) is 0 Å². The summed E-state index contributed by atoms with van der Waals surface area (Å²) in [6.45, 7) is 2.72. The van der Waals surface area contributed by atoms with Crippen molar-refractivity contribution in [2.24, 2.45) is 5.73 Å². The van der Waals surface area contributed by atoms with Crippen LogP contribution in [0.5, 0.6) is 0 Å². The minimum absolute atomic E-state index is 0.0233. The monoisotopic (exact) mass is 310 g/mol. The first-order valence-electron chi connectivity index (χ1n) is 8.02. The molecule has 0 saturated heterocycles. The lowest BCUT2D eigenvalue weighted by molar-refractivity contribution is -0.116. The summed E-state index contributed by atoms with van der Waals surface area (Å²) in [5.41, 5.74) is 8.70. The topological polar surface area (TPSA) is 71.2 Å². The summed E-state index contributed by atoms with van der Waals surface area (Å²) in [5, 5.41) is 2.85. The first kappa shape index (κ1) is 15.5. The van der Waals surface area contributed by atoms with Gasteiger partial charge in [0.15, 0.2) is 0 Å². The Hall–Kier alpha value is -2.40. The van der Waals surface area contributed by atoms with Crippen LogP contribution in [0.2, 0.25) is 0 Å². The Morgan fingerprint density at radius 3 is 2.91 bits per heavy atom. The highest BCUT2D eigenvalue weighted by atomic mass is 16.1. The lowest BCUT2D eigenvalue weighted by Gasteiger charge is -2.24. The summed E-state index contributed by atoms with van der Waals surface area (Å²) in [7, 11) is 0. The Morgan fingerprint density at radius 1 is 1.35 bits per heavy atom. The maximum atomic E-state index is 11.7. The highest BCUT2D eigenvalue weighted by Gasteiger charge is 2.27. The van der Waals surface area contributed by atoms with Crippen molar-refractivity contribution in [1.82, 2.24) is 4.98 Å². The van der Waals surface area contributed by atoms with Gasteiger partial charge in [-0.2, -0.15) is 0 Å². The second kappa shape index (κ2) is 6.79. The van der Waals surface area contributed by atoms with Crippen molar-refractivity contribution in [3.05, 3.63) is 48.2 Å². The summed E-state index contributed by atoms with van der Waals surface area (Å²) < 4.78 is 0. The molecule has 1 aliphatic rings. The molecule has 120 valence electrons. The van der Waals surface area contributed by atoms with E-state index in [2.05, 4.69) is 46.4 Å². The molecule has 3 rings (SSSR count). The molecule has 2 heterocycles. The third-order valence-corrected chi connectivity index (χ3v) is 4.09. The Labute approximate surface area is 136 Å². The third kappa shape index (κ3) is 3.35. The van der Waals surface area contributed by atoms with Crippen LogP contribution in [0.4, 0.5) is 17.2 Å². The van der Waals surface area contributed by atoms with Gasteiger partial charge in [0.1, 0.15) is 5.82 Å². The lowest BCUT2D eigenvalue weighted by Crippen LogP contribution is -2.24. The van der Waals surface area contributed by atoms with E-state index in [1.54, 1.807) is 6.20 Å². The number of nitrogens with one attached hydrogen (secondary N) is 1. The van der Waals surface area contributed by atoms with Crippen molar-refractivity contribution in [1.29, 1.82) is 0 Å². The molecule has 5 heteroatoms. The molecule has 3 N–H and O–H groups in total. The number of rotatable bonds is 5. The third-order valence-electron chi connectivity index (χ3n) is 4.09. The Kier molecular flexibility index (Phi) is 4.57. The highest BCUT2D eigenvalue weighted by molar-refractivity contribution is 5.90. The van der Waals surface area contributed by atoms with E-state index in [0.29, 0.717) is 25.4 Å². The zero-order chi connectivity index (χ0) is 16.2. The summed E-state index contributed by atoms with van der Waals surface area (Å²) >= 11 is 0. The quantitative estimate of drug-likeness (QED) is 0.891. The smallest absolute Gasteiger partial charge is 0.224 e. The molecule has 1 unspecified atom stereocenters. The van der Waals surface area contributed by atoms with Crippen LogP contribution in [-0.2, 0) is 11.2 Å². The molecule has 1 atom stereocenters. The molecule has 2 aromatic rings. The van der Waals surface area contributed by atoms with Gasteiger partial charge in [-0.1, -0.05) is 18.2 Å². The van der Waals surface area contributed by atoms with Crippen LogP contribution in [0.25, 0.3) is 0 Å². The van der Waals surface area contributed by atoms with Gasteiger partial charge in [-0.25, -0.2) is 4.98 Å². The number of aromatic nitrogens is 1. The molecule has 0 radical (unpaired) electrons. The number of anilines is 3. The second-order valence-corrected chi connectivity index (χ2v) is 5.90. The number of para-hydroxylation sites is 1. The largest absolute Gasteiger partial charge is 0.330 e. The first-order valence-corrected chi connectivity index (χ1v) is 8.02. The van der Waals surface area contributed by atoms with E-state index in [1.807, 2.05) is 12.1 Å². The number of pyridine rings is 1. The van der Waals surface area contributed by atoms with Crippen LogP contribution in [0, 0.1) is 0 Å². The van der Waals surface area contributed by atoms with Gasteiger partial charge in [0.25, 0.3) is 0 Å². The SMILES string of the molecule is CC1Cc2ccccc2N1c1ccc(NC(=O)CCCN)cn1. The summed E-state index contributed by atoms with van der Waals surface area (Å²) in [4.78, 5) is 18.5. The zero-order valence-electron chi connectivity index (χ0n) is 13.3. The number of nitrogens with zero attached hydrogens (tertiary/aromatic N) is 2. The number of carbonyl (C=O) groups excluding carboxylic acids is 1. The normalized spacial score (nSPS) is 16.3. The number of hydrogen-bond donors (Lipinski definition) is 2. The van der Waals surface area contributed by atoms with E-state index in [1.165, 1.54) is 11.3 Å². The molecular weight excluding hydrogens is 288 g/mol. The number of hydrogen-bond acceptors (Lipinski definition) is 4.